The number of carbonyl (C=O) groups excluding carboxylic acids is 6. The molecule has 0 spiro atoms. The molecule has 24 nitrogen and oxygen atoms in total. The lowest BCUT2D eigenvalue weighted by atomic mass is 10.0. The molecule has 348 valence electrons. The lowest BCUT2D eigenvalue weighted by Gasteiger charge is -2.26. The maximum Gasteiger partial charge on any atom is 0.326 e. The number of phenolic OH excluding ortho intramolecular Hbond substituents is 1. The highest BCUT2D eigenvalue weighted by Gasteiger charge is 2.33. The number of carboxylic acids is 1. The highest BCUT2D eigenvalue weighted by atomic mass is 32.1. The number of rotatable bonds is 30. The molecule has 26 heteroatoms. The van der Waals surface area contributed by atoms with Crippen LogP contribution in [0, 0.1) is 0 Å². The summed E-state index contributed by atoms with van der Waals surface area (Å²) < 4.78 is 0. The molecule has 1 aromatic rings. The third-order valence-electron chi connectivity index (χ3n) is 8.90. The molecule has 7 atom stereocenters. The molecule has 0 saturated carbocycles. The average Bonchev–Trinajstić information content (AvgIpc) is 3.22. The third kappa shape index (κ3) is 21.3. The molecule has 1 aromatic carbocycles. The molecule has 6 amide bonds. The van der Waals surface area contributed by atoms with Gasteiger partial charge in [-0.3, -0.25) is 38.8 Å². The summed E-state index contributed by atoms with van der Waals surface area (Å²) >= 11 is 8.32. The van der Waals surface area contributed by atoms with Gasteiger partial charge in [0.1, 0.15) is 42.0 Å². The monoisotopic (exact) mass is 914 g/mol. The van der Waals surface area contributed by atoms with Gasteiger partial charge < -0.3 is 81.6 Å². The number of amides is 6. The normalized spacial score (nSPS) is 14.2. The second kappa shape index (κ2) is 29.6. The summed E-state index contributed by atoms with van der Waals surface area (Å²) in [5.74, 6) is -7.69. The fourth-order valence-electron chi connectivity index (χ4n) is 5.47. The summed E-state index contributed by atoms with van der Waals surface area (Å²) in [6, 6.07) is -3.60. The molecule has 0 aliphatic rings. The van der Waals surface area contributed by atoms with Crippen molar-refractivity contribution >= 4 is 78.6 Å². The molecule has 0 saturated heterocycles. The number of guanidine groups is 2. The van der Waals surface area contributed by atoms with Gasteiger partial charge >= 0.3 is 5.97 Å². The number of aliphatic imine (C=N–C) groups is 2. The van der Waals surface area contributed by atoms with Gasteiger partial charge in [0.2, 0.25) is 35.4 Å². The van der Waals surface area contributed by atoms with Gasteiger partial charge in [-0.15, -0.1) is 0 Å². The van der Waals surface area contributed by atoms with Crippen molar-refractivity contribution in [3.05, 3.63) is 29.8 Å². The number of hydrogen-bond acceptors (Lipinski definition) is 15. The van der Waals surface area contributed by atoms with Crippen molar-refractivity contribution in [3.63, 3.8) is 0 Å². The van der Waals surface area contributed by atoms with E-state index in [1.165, 1.54) is 12.1 Å². The zero-order chi connectivity index (χ0) is 46.8. The van der Waals surface area contributed by atoms with Gasteiger partial charge in [-0.1, -0.05) is 18.6 Å². The second-order valence-electron chi connectivity index (χ2n) is 13.9. The van der Waals surface area contributed by atoms with Gasteiger partial charge in [0, 0.05) is 31.0 Å². The quantitative estimate of drug-likeness (QED) is 0.0148. The Hall–Kier alpha value is -5.57. The van der Waals surface area contributed by atoms with E-state index in [0.29, 0.717) is 31.4 Å². The van der Waals surface area contributed by atoms with E-state index in [0.717, 1.165) is 0 Å². The Morgan fingerprint density at radius 1 is 0.581 bits per heavy atom. The number of aromatic hydroxyl groups is 1. The number of carboxylic acid groups (broad SMARTS) is 1. The van der Waals surface area contributed by atoms with Crippen LogP contribution < -0.4 is 66.3 Å². The molecule has 0 fully saturated rings. The number of nitrogens with zero attached hydrogens (tertiary/aromatic N) is 2. The van der Waals surface area contributed by atoms with Crippen LogP contribution in [0.3, 0.4) is 0 Å². The summed E-state index contributed by atoms with van der Waals surface area (Å²) in [6.45, 7) is -0.438. The highest BCUT2D eigenvalue weighted by molar-refractivity contribution is 7.80. The summed E-state index contributed by atoms with van der Waals surface area (Å²) in [6.07, 6.45) is 1.61. The minimum absolute atomic E-state index is 0.0240. The average molecular weight is 915 g/mol. The van der Waals surface area contributed by atoms with Crippen LogP contribution in [0.2, 0.25) is 0 Å². The van der Waals surface area contributed by atoms with Gasteiger partial charge in [-0.2, -0.15) is 25.3 Å². The van der Waals surface area contributed by atoms with Crippen LogP contribution in [-0.2, 0) is 40.0 Å². The van der Waals surface area contributed by atoms with Crippen LogP contribution in [-0.4, -0.2) is 149 Å². The number of hydrogen-bond donors (Lipinski definition) is 17. The van der Waals surface area contributed by atoms with E-state index >= 15 is 0 Å². The Morgan fingerprint density at radius 2 is 1.00 bits per heavy atom. The van der Waals surface area contributed by atoms with E-state index in [2.05, 4.69) is 67.1 Å². The SMILES string of the molecule is NCCCC[C@H](N)C(=O)N[C@@H](Cc1ccc(O)cc1)C(=O)N[C@@H](CS)C(=O)N[C@@H](CS)C(=O)N[C@@H](CO)C(=O)N[C@@H](CCCN=C(N)N)C(=O)N[C@@H](CCCN=C(N)N)C(=O)O. The number of benzene rings is 1. The first-order chi connectivity index (χ1) is 29.4. The van der Waals surface area contributed by atoms with E-state index in [-0.39, 0.29) is 74.4 Å². The van der Waals surface area contributed by atoms with E-state index < -0.39 is 90.3 Å². The molecular weight excluding hydrogens is 853 g/mol. The number of carbonyl (C=O) groups is 7. The molecule has 0 aromatic heterocycles. The van der Waals surface area contributed by atoms with E-state index in [1.807, 2.05) is 0 Å². The summed E-state index contributed by atoms with van der Waals surface area (Å²) in [5.41, 5.74) is 33.4. The minimum atomic E-state index is -1.68. The van der Waals surface area contributed by atoms with Gasteiger partial charge in [0.25, 0.3) is 0 Å². The van der Waals surface area contributed by atoms with Crippen molar-refractivity contribution in [2.24, 2.45) is 44.4 Å². The lowest BCUT2D eigenvalue weighted by molar-refractivity contribution is -0.142. The fourth-order valence-corrected chi connectivity index (χ4v) is 5.99. The van der Waals surface area contributed by atoms with Gasteiger partial charge in [0.05, 0.1) is 12.6 Å². The van der Waals surface area contributed by atoms with Gasteiger partial charge in [-0.25, -0.2) is 4.79 Å². The summed E-state index contributed by atoms with van der Waals surface area (Å²) in [4.78, 5) is 99.5. The van der Waals surface area contributed by atoms with Crippen LogP contribution in [0.15, 0.2) is 34.3 Å². The second-order valence-corrected chi connectivity index (χ2v) is 14.6. The molecule has 0 aliphatic carbocycles. The van der Waals surface area contributed by atoms with Crippen molar-refractivity contribution in [2.45, 2.75) is 93.7 Å². The van der Waals surface area contributed by atoms with Crippen molar-refractivity contribution in [1.29, 1.82) is 0 Å². The highest BCUT2D eigenvalue weighted by Crippen LogP contribution is 2.12. The van der Waals surface area contributed by atoms with Crippen molar-refractivity contribution in [2.75, 3.05) is 37.7 Å². The smallest absolute Gasteiger partial charge is 0.326 e. The maximum absolute atomic E-state index is 13.6. The standard InChI is InChI=1S/C36H62N14O10S2/c37-12-2-1-5-21(38)28(53)47-24(15-19-8-10-20(52)11-9-19)30(55)49-27(18-62)33(58)50-26(17-61)32(57)48-25(16-51)31(56)45-22(6-3-13-43-35(39)40)29(54)46-23(34(59)60)7-4-14-44-36(41)42/h8-11,21-27,51-52,61-62H,1-7,12-18,37-38H2,(H,45,56)(H,46,54)(H,47,53)(H,48,57)(H,49,55)(H,50,58)(H,59,60)(H4,39,40,43)(H4,41,42,44)/t21-,22-,23-,24-,25-,26-,27-/m0/s1. The van der Waals surface area contributed by atoms with Crippen LogP contribution >= 0.6 is 25.3 Å². The third-order valence-corrected chi connectivity index (χ3v) is 9.63. The van der Waals surface area contributed by atoms with Gasteiger partial charge in [-0.05, 0) is 62.8 Å². The molecule has 0 unspecified atom stereocenters. The molecule has 0 heterocycles. The molecule has 0 radical (unpaired) electrons. The number of phenols is 1. The van der Waals surface area contributed by atoms with E-state index in [4.69, 9.17) is 34.4 Å². The number of aliphatic hydroxyl groups excluding tert-OH is 1. The molecule has 21 N–H and O–H groups in total. The van der Waals surface area contributed by atoms with E-state index in [9.17, 15) is 48.9 Å². The van der Waals surface area contributed by atoms with Gasteiger partial charge in [0.15, 0.2) is 11.9 Å². The first-order valence-electron chi connectivity index (χ1n) is 19.6. The zero-order valence-electron chi connectivity index (χ0n) is 34.2. The first-order valence-corrected chi connectivity index (χ1v) is 20.9. The molecule has 62 heavy (non-hydrogen) atoms. The Bertz CT molecular complexity index is 1680. The number of aliphatic hydroxyl groups is 1. The number of thiol groups is 2. The molecular formula is C36H62N14O10S2. The first kappa shape index (κ1) is 54.4. The molecule has 0 bridgehead atoms. The van der Waals surface area contributed by atoms with E-state index in [1.54, 1.807) is 12.1 Å². The lowest BCUT2D eigenvalue weighted by Crippen LogP contribution is -2.61. The van der Waals surface area contributed by atoms with Crippen molar-refractivity contribution in [3.8, 4) is 5.75 Å². The molecule has 1 rings (SSSR count). The summed E-state index contributed by atoms with van der Waals surface area (Å²) in [7, 11) is 0. The maximum atomic E-state index is 13.6. The van der Waals surface area contributed by atoms with Crippen molar-refractivity contribution < 1.29 is 48.9 Å². The number of nitrogens with two attached hydrogens (primary N) is 6. The number of aliphatic carboxylic acids is 1. The largest absolute Gasteiger partial charge is 0.508 e. The molecule has 0 aliphatic heterocycles. The summed E-state index contributed by atoms with van der Waals surface area (Å²) in [5, 5.41) is 44.0. The Labute approximate surface area is 369 Å². The predicted molar refractivity (Wildman–Crippen MR) is 237 cm³/mol. The number of unbranched alkanes of at least 4 members (excludes halogenated alkanes) is 1. The van der Waals surface area contributed by atoms with Crippen LogP contribution in [0.5, 0.6) is 5.75 Å². The van der Waals surface area contributed by atoms with Crippen LogP contribution in [0.1, 0.15) is 50.5 Å². The Balaban J connectivity index is 3.12. The number of nitrogens with one attached hydrogen (secondary N) is 6. The predicted octanol–water partition coefficient (Wildman–Crippen LogP) is -5.66. The topological polar surface area (TPSA) is 433 Å². The zero-order valence-corrected chi connectivity index (χ0v) is 36.0. The Morgan fingerprint density at radius 3 is 1.47 bits per heavy atom. The van der Waals surface area contributed by atoms with Crippen LogP contribution in [0.25, 0.3) is 0 Å². The fraction of sp³-hybridized carbons (Fsp3) is 0.583. The van der Waals surface area contributed by atoms with Crippen molar-refractivity contribution in [1.82, 2.24) is 31.9 Å². The van der Waals surface area contributed by atoms with Crippen LogP contribution in [0.4, 0.5) is 0 Å². The Kier molecular flexibility index (Phi) is 26.0. The minimum Gasteiger partial charge on any atom is -0.508 e.